The maximum absolute atomic E-state index is 5.39. The van der Waals surface area contributed by atoms with E-state index in [1.54, 1.807) is 11.3 Å². The first kappa shape index (κ1) is 9.29. The molecule has 0 spiro atoms. The van der Waals surface area contributed by atoms with E-state index in [9.17, 15) is 0 Å². The summed E-state index contributed by atoms with van der Waals surface area (Å²) in [4.78, 5) is 5.06. The molecule has 80 valence electrons. The molecule has 3 aromatic heterocycles. The summed E-state index contributed by atoms with van der Waals surface area (Å²) in [5, 5.41) is 8.66. The lowest BCUT2D eigenvalue weighted by molar-refractivity contribution is 0.592. The maximum atomic E-state index is 5.39. The molecule has 0 fully saturated rings. The predicted molar refractivity (Wildman–Crippen MR) is 62.1 cm³/mol. The first-order valence-electron chi connectivity index (χ1n) is 4.67. The maximum Gasteiger partial charge on any atom is 0.313 e. The number of hydrogen-bond acceptors (Lipinski definition) is 6. The van der Waals surface area contributed by atoms with E-state index in [2.05, 4.69) is 15.2 Å². The van der Waals surface area contributed by atoms with Crippen LogP contribution in [0, 0.1) is 6.92 Å². The van der Waals surface area contributed by atoms with Gasteiger partial charge in [-0.3, -0.25) is 4.98 Å². The summed E-state index contributed by atoms with van der Waals surface area (Å²) in [6, 6.07) is 2.10. The molecule has 2 N–H and O–H groups in total. The molecular formula is C10H8N4OS. The number of nitrogens with zero attached hydrogens (tertiary/aromatic N) is 3. The third-order valence-corrected chi connectivity index (χ3v) is 3.35. The number of nitrogens with two attached hydrogens (primary N) is 1. The Bertz CT molecular complexity index is 658. The molecule has 0 radical (unpaired) electrons. The van der Waals surface area contributed by atoms with Gasteiger partial charge in [-0.25, -0.2) is 0 Å². The predicted octanol–water partition coefficient (Wildman–Crippen LogP) is 2.24. The Morgan fingerprint density at radius 3 is 2.88 bits per heavy atom. The SMILES string of the molecule is Cc1cncc2sc(-c3nnc(N)o3)cc12. The number of anilines is 1. The van der Waals surface area contributed by atoms with Crippen molar-refractivity contribution in [3.05, 3.63) is 24.0 Å². The fraction of sp³-hybridized carbons (Fsp3) is 0.100. The monoisotopic (exact) mass is 232 g/mol. The van der Waals surface area contributed by atoms with E-state index < -0.39 is 0 Å². The lowest BCUT2D eigenvalue weighted by atomic mass is 10.2. The Labute approximate surface area is 94.9 Å². The molecular weight excluding hydrogens is 224 g/mol. The summed E-state index contributed by atoms with van der Waals surface area (Å²) >= 11 is 1.56. The van der Waals surface area contributed by atoms with Gasteiger partial charge in [0.25, 0.3) is 5.89 Å². The first-order chi connectivity index (χ1) is 7.74. The molecule has 3 heterocycles. The highest BCUT2D eigenvalue weighted by atomic mass is 32.1. The van der Waals surface area contributed by atoms with Gasteiger partial charge in [0.05, 0.1) is 9.58 Å². The molecule has 0 saturated heterocycles. The Morgan fingerprint density at radius 2 is 2.19 bits per heavy atom. The molecule has 0 saturated carbocycles. The summed E-state index contributed by atoms with van der Waals surface area (Å²) in [5.41, 5.74) is 6.52. The van der Waals surface area contributed by atoms with E-state index in [0.29, 0.717) is 5.89 Å². The second-order valence-corrected chi connectivity index (χ2v) is 4.51. The fourth-order valence-electron chi connectivity index (χ4n) is 1.54. The number of fused-ring (bicyclic) bond motifs is 1. The minimum atomic E-state index is 0.0855. The molecule has 6 heteroatoms. The van der Waals surface area contributed by atoms with Gasteiger partial charge in [0.2, 0.25) is 0 Å². The van der Waals surface area contributed by atoms with Gasteiger partial charge in [0.1, 0.15) is 0 Å². The summed E-state index contributed by atoms with van der Waals surface area (Å²) in [6.07, 6.45) is 3.66. The smallest absolute Gasteiger partial charge is 0.313 e. The van der Waals surface area contributed by atoms with Gasteiger partial charge in [0.15, 0.2) is 0 Å². The molecule has 0 atom stereocenters. The van der Waals surface area contributed by atoms with Crippen LogP contribution in [-0.2, 0) is 0 Å². The zero-order chi connectivity index (χ0) is 11.1. The molecule has 0 amide bonds. The Kier molecular flexibility index (Phi) is 1.90. The number of rotatable bonds is 1. The Hall–Kier alpha value is -1.95. The van der Waals surface area contributed by atoms with Crippen molar-refractivity contribution in [1.29, 1.82) is 0 Å². The van der Waals surface area contributed by atoms with Crippen molar-refractivity contribution >= 4 is 27.4 Å². The number of aromatic nitrogens is 3. The van der Waals surface area contributed by atoms with Crippen LogP contribution in [0.15, 0.2) is 22.9 Å². The van der Waals surface area contributed by atoms with Gasteiger partial charge in [-0.05, 0) is 23.9 Å². The molecule has 0 unspecified atom stereocenters. The van der Waals surface area contributed by atoms with Gasteiger partial charge in [0, 0.05) is 12.4 Å². The van der Waals surface area contributed by atoms with Crippen LogP contribution < -0.4 is 5.73 Å². The zero-order valence-corrected chi connectivity index (χ0v) is 9.28. The van der Waals surface area contributed by atoms with Crippen LogP contribution in [0.25, 0.3) is 20.9 Å². The number of nitrogen functional groups attached to an aromatic ring is 1. The van der Waals surface area contributed by atoms with Crippen molar-refractivity contribution in [2.45, 2.75) is 6.92 Å². The molecule has 0 aliphatic heterocycles. The van der Waals surface area contributed by atoms with Crippen molar-refractivity contribution in [3.63, 3.8) is 0 Å². The zero-order valence-electron chi connectivity index (χ0n) is 8.47. The van der Waals surface area contributed by atoms with E-state index in [4.69, 9.17) is 10.2 Å². The summed E-state index contributed by atoms with van der Waals surface area (Å²) in [5.74, 6) is 0.457. The van der Waals surface area contributed by atoms with Gasteiger partial charge < -0.3 is 10.2 Å². The Morgan fingerprint density at radius 1 is 1.31 bits per heavy atom. The number of aryl methyl sites for hydroxylation is 1. The highest BCUT2D eigenvalue weighted by molar-refractivity contribution is 7.22. The second-order valence-electron chi connectivity index (χ2n) is 3.42. The van der Waals surface area contributed by atoms with Crippen LogP contribution in [0.4, 0.5) is 6.01 Å². The molecule has 0 bridgehead atoms. The fourth-order valence-corrected chi connectivity index (χ4v) is 2.56. The first-order valence-corrected chi connectivity index (χ1v) is 5.49. The van der Waals surface area contributed by atoms with Crippen molar-refractivity contribution < 1.29 is 4.42 Å². The van der Waals surface area contributed by atoms with Crippen LogP contribution in [0.5, 0.6) is 0 Å². The van der Waals surface area contributed by atoms with Crippen LogP contribution in [0.1, 0.15) is 5.56 Å². The van der Waals surface area contributed by atoms with Crippen LogP contribution >= 0.6 is 11.3 Å². The topological polar surface area (TPSA) is 77.8 Å². The number of pyridine rings is 1. The highest BCUT2D eigenvalue weighted by Crippen LogP contribution is 2.33. The minimum Gasteiger partial charge on any atom is -0.403 e. The van der Waals surface area contributed by atoms with Gasteiger partial charge >= 0.3 is 6.01 Å². The lowest BCUT2D eigenvalue weighted by Crippen LogP contribution is -1.81. The molecule has 3 aromatic rings. The largest absolute Gasteiger partial charge is 0.403 e. The van der Waals surface area contributed by atoms with Crippen LogP contribution in [0.2, 0.25) is 0 Å². The van der Waals surface area contributed by atoms with Gasteiger partial charge in [-0.1, -0.05) is 5.10 Å². The highest BCUT2D eigenvalue weighted by Gasteiger charge is 2.11. The van der Waals surface area contributed by atoms with E-state index in [1.807, 2.05) is 25.4 Å². The van der Waals surface area contributed by atoms with Crippen LogP contribution in [0.3, 0.4) is 0 Å². The quantitative estimate of drug-likeness (QED) is 0.696. The van der Waals surface area contributed by atoms with Crippen LogP contribution in [-0.4, -0.2) is 15.2 Å². The van der Waals surface area contributed by atoms with E-state index in [0.717, 1.165) is 20.5 Å². The summed E-state index contributed by atoms with van der Waals surface area (Å²) < 4.78 is 6.29. The molecule has 16 heavy (non-hydrogen) atoms. The summed E-state index contributed by atoms with van der Waals surface area (Å²) in [6.45, 7) is 2.02. The van der Waals surface area contributed by atoms with E-state index in [1.165, 1.54) is 0 Å². The Balaban J connectivity index is 2.22. The van der Waals surface area contributed by atoms with Gasteiger partial charge in [-0.2, -0.15) is 0 Å². The number of thiophene rings is 1. The van der Waals surface area contributed by atoms with E-state index in [-0.39, 0.29) is 6.01 Å². The van der Waals surface area contributed by atoms with E-state index >= 15 is 0 Å². The average Bonchev–Trinajstić information content (AvgIpc) is 2.84. The lowest BCUT2D eigenvalue weighted by Gasteiger charge is -1.90. The molecule has 0 aromatic carbocycles. The third-order valence-electron chi connectivity index (χ3n) is 2.30. The number of hydrogen-bond donors (Lipinski definition) is 1. The summed E-state index contributed by atoms with van der Waals surface area (Å²) in [7, 11) is 0. The van der Waals surface area contributed by atoms with Crippen molar-refractivity contribution in [1.82, 2.24) is 15.2 Å². The third kappa shape index (κ3) is 1.35. The average molecular weight is 232 g/mol. The van der Waals surface area contributed by atoms with Crippen molar-refractivity contribution in [3.8, 4) is 10.8 Å². The molecule has 3 rings (SSSR count). The van der Waals surface area contributed by atoms with Crippen molar-refractivity contribution in [2.24, 2.45) is 0 Å². The molecule has 0 aliphatic rings. The van der Waals surface area contributed by atoms with Gasteiger partial charge in [-0.15, -0.1) is 16.4 Å². The standard InChI is InChI=1S/C10H8N4OS/c1-5-3-12-4-8-6(5)2-7(16-8)9-13-14-10(11)15-9/h2-4H,1H3,(H2,11,14). The second kappa shape index (κ2) is 3.28. The normalized spacial score (nSPS) is 11.1. The molecule has 5 nitrogen and oxygen atoms in total. The minimum absolute atomic E-state index is 0.0855. The molecule has 0 aliphatic carbocycles. The van der Waals surface area contributed by atoms with Crippen molar-refractivity contribution in [2.75, 3.05) is 5.73 Å².